The van der Waals surface area contributed by atoms with E-state index < -0.39 is 0 Å². The molecular weight excluding hydrogens is 260 g/mol. The van der Waals surface area contributed by atoms with Gasteiger partial charge < -0.3 is 10.1 Å². The Bertz CT molecular complexity index is 540. The van der Waals surface area contributed by atoms with Crippen LogP contribution in [0.25, 0.3) is 11.1 Å². The van der Waals surface area contributed by atoms with Crippen molar-refractivity contribution < 1.29 is 4.74 Å². The molecule has 0 aliphatic rings. The zero-order valence-electron chi connectivity index (χ0n) is 11.1. The largest absolute Gasteiger partial charge is 0.481 e. The zero-order valence-corrected chi connectivity index (χ0v) is 11.9. The van der Waals surface area contributed by atoms with Crippen molar-refractivity contribution in [1.29, 1.82) is 0 Å². The smallest absolute Gasteiger partial charge is 0.212 e. The summed E-state index contributed by atoms with van der Waals surface area (Å²) in [7, 11) is 1.61. The molecule has 100 valence electrons. The minimum atomic E-state index is 0.610. The minimum Gasteiger partial charge on any atom is -0.481 e. The number of ether oxygens (including phenoxy) is 1. The summed E-state index contributed by atoms with van der Waals surface area (Å²) in [6.45, 7) is 3.79. The van der Waals surface area contributed by atoms with Gasteiger partial charge in [-0.2, -0.15) is 0 Å². The summed E-state index contributed by atoms with van der Waals surface area (Å²) < 4.78 is 5.05. The lowest BCUT2D eigenvalue weighted by molar-refractivity contribution is 0.398. The molecule has 0 aliphatic heterocycles. The standard InChI is InChI=1S/C15H17ClN2O/c1-3-17-9-13-5-4-11(8-14(13)16)12-6-7-15(19-2)18-10-12/h4-8,10,17H,3,9H2,1-2H3. The second kappa shape index (κ2) is 6.55. The number of nitrogens with one attached hydrogen (secondary N) is 1. The predicted octanol–water partition coefficient (Wildman–Crippen LogP) is 3.52. The summed E-state index contributed by atoms with van der Waals surface area (Å²) >= 11 is 6.29. The first-order valence-electron chi connectivity index (χ1n) is 6.24. The average molecular weight is 277 g/mol. The van der Waals surface area contributed by atoms with Crippen molar-refractivity contribution in [3.8, 4) is 17.0 Å². The molecule has 0 atom stereocenters. The van der Waals surface area contributed by atoms with E-state index in [1.807, 2.05) is 24.3 Å². The van der Waals surface area contributed by atoms with Gasteiger partial charge >= 0.3 is 0 Å². The topological polar surface area (TPSA) is 34.1 Å². The average Bonchev–Trinajstić information content (AvgIpc) is 2.46. The highest BCUT2D eigenvalue weighted by Gasteiger charge is 2.04. The molecule has 0 fully saturated rings. The SMILES string of the molecule is CCNCc1ccc(-c2ccc(OC)nc2)cc1Cl. The highest BCUT2D eigenvalue weighted by molar-refractivity contribution is 6.31. The molecule has 2 rings (SSSR count). The number of nitrogens with zero attached hydrogens (tertiary/aromatic N) is 1. The molecule has 0 saturated heterocycles. The molecule has 1 aromatic carbocycles. The summed E-state index contributed by atoms with van der Waals surface area (Å²) in [6, 6.07) is 9.89. The van der Waals surface area contributed by atoms with Crippen molar-refractivity contribution in [3.63, 3.8) is 0 Å². The van der Waals surface area contributed by atoms with Gasteiger partial charge in [-0.3, -0.25) is 0 Å². The van der Waals surface area contributed by atoms with E-state index in [2.05, 4.69) is 23.3 Å². The van der Waals surface area contributed by atoms with Gasteiger partial charge in [-0.05, 0) is 29.8 Å². The fourth-order valence-corrected chi connectivity index (χ4v) is 2.05. The van der Waals surface area contributed by atoms with Gasteiger partial charge in [0.2, 0.25) is 5.88 Å². The number of hydrogen-bond donors (Lipinski definition) is 1. The van der Waals surface area contributed by atoms with Crippen LogP contribution in [0.4, 0.5) is 0 Å². The molecule has 19 heavy (non-hydrogen) atoms. The quantitative estimate of drug-likeness (QED) is 0.907. The summed E-state index contributed by atoms with van der Waals surface area (Å²) in [5.74, 6) is 0.610. The van der Waals surface area contributed by atoms with Gasteiger partial charge in [-0.1, -0.05) is 30.7 Å². The zero-order chi connectivity index (χ0) is 13.7. The maximum atomic E-state index is 6.29. The summed E-state index contributed by atoms with van der Waals surface area (Å²) in [5.41, 5.74) is 3.19. The first kappa shape index (κ1) is 13.8. The van der Waals surface area contributed by atoms with Crippen molar-refractivity contribution in [2.45, 2.75) is 13.5 Å². The fourth-order valence-electron chi connectivity index (χ4n) is 1.80. The molecule has 1 aromatic heterocycles. The Morgan fingerprint density at radius 3 is 2.58 bits per heavy atom. The Morgan fingerprint density at radius 1 is 1.21 bits per heavy atom. The van der Waals surface area contributed by atoms with E-state index in [4.69, 9.17) is 16.3 Å². The van der Waals surface area contributed by atoms with Gasteiger partial charge in [-0.15, -0.1) is 0 Å². The lowest BCUT2D eigenvalue weighted by atomic mass is 10.1. The van der Waals surface area contributed by atoms with E-state index in [0.717, 1.165) is 34.8 Å². The molecule has 0 bridgehead atoms. The van der Waals surface area contributed by atoms with E-state index >= 15 is 0 Å². The van der Waals surface area contributed by atoms with Crippen molar-refractivity contribution in [3.05, 3.63) is 47.1 Å². The highest BCUT2D eigenvalue weighted by Crippen LogP contribution is 2.26. The fraction of sp³-hybridized carbons (Fsp3) is 0.267. The van der Waals surface area contributed by atoms with Gasteiger partial charge in [0.1, 0.15) is 0 Å². The molecule has 1 heterocycles. The maximum absolute atomic E-state index is 6.29. The van der Waals surface area contributed by atoms with E-state index in [-0.39, 0.29) is 0 Å². The van der Waals surface area contributed by atoms with Gasteiger partial charge in [-0.25, -0.2) is 4.98 Å². The molecule has 0 unspecified atom stereocenters. The lowest BCUT2D eigenvalue weighted by Gasteiger charge is -2.08. The number of pyridine rings is 1. The van der Waals surface area contributed by atoms with E-state index in [9.17, 15) is 0 Å². The van der Waals surface area contributed by atoms with Crippen LogP contribution in [0.3, 0.4) is 0 Å². The second-order valence-corrected chi connectivity index (χ2v) is 4.58. The molecule has 4 heteroatoms. The number of hydrogen-bond acceptors (Lipinski definition) is 3. The molecule has 1 N–H and O–H groups in total. The van der Waals surface area contributed by atoms with Crippen molar-refractivity contribution >= 4 is 11.6 Å². The van der Waals surface area contributed by atoms with Crippen LogP contribution in [0.5, 0.6) is 5.88 Å². The predicted molar refractivity (Wildman–Crippen MR) is 78.6 cm³/mol. The minimum absolute atomic E-state index is 0.610. The third-order valence-corrected chi connectivity index (χ3v) is 3.25. The van der Waals surface area contributed by atoms with Crippen LogP contribution in [-0.2, 0) is 6.54 Å². The second-order valence-electron chi connectivity index (χ2n) is 4.18. The van der Waals surface area contributed by atoms with Gasteiger partial charge in [0.15, 0.2) is 0 Å². The first-order valence-corrected chi connectivity index (χ1v) is 6.62. The van der Waals surface area contributed by atoms with Crippen LogP contribution < -0.4 is 10.1 Å². The molecule has 0 spiro atoms. The van der Waals surface area contributed by atoms with Crippen LogP contribution in [0.15, 0.2) is 36.5 Å². The van der Waals surface area contributed by atoms with Crippen LogP contribution in [0.2, 0.25) is 5.02 Å². The normalized spacial score (nSPS) is 10.5. The van der Waals surface area contributed by atoms with E-state index in [1.54, 1.807) is 13.3 Å². The number of rotatable bonds is 5. The molecule has 0 saturated carbocycles. The molecule has 0 radical (unpaired) electrons. The van der Waals surface area contributed by atoms with Crippen LogP contribution >= 0.6 is 11.6 Å². The molecule has 2 aromatic rings. The molecule has 0 aliphatic carbocycles. The van der Waals surface area contributed by atoms with Crippen LogP contribution in [-0.4, -0.2) is 18.6 Å². The molecule has 0 amide bonds. The van der Waals surface area contributed by atoms with E-state index in [1.165, 1.54) is 0 Å². The van der Waals surface area contributed by atoms with Gasteiger partial charge in [0.05, 0.1) is 7.11 Å². The number of halogens is 1. The van der Waals surface area contributed by atoms with Gasteiger partial charge in [0, 0.05) is 29.4 Å². The highest BCUT2D eigenvalue weighted by atomic mass is 35.5. The Morgan fingerprint density at radius 2 is 2.00 bits per heavy atom. The summed E-state index contributed by atoms with van der Waals surface area (Å²) in [4.78, 5) is 4.20. The maximum Gasteiger partial charge on any atom is 0.212 e. The van der Waals surface area contributed by atoms with Crippen molar-refractivity contribution in [2.24, 2.45) is 0 Å². The van der Waals surface area contributed by atoms with Gasteiger partial charge in [0.25, 0.3) is 0 Å². The molecule has 3 nitrogen and oxygen atoms in total. The number of benzene rings is 1. The Balaban J connectivity index is 2.22. The monoisotopic (exact) mass is 276 g/mol. The Kier molecular flexibility index (Phi) is 4.77. The lowest BCUT2D eigenvalue weighted by Crippen LogP contribution is -2.11. The van der Waals surface area contributed by atoms with Crippen LogP contribution in [0.1, 0.15) is 12.5 Å². The van der Waals surface area contributed by atoms with E-state index in [0.29, 0.717) is 5.88 Å². The third kappa shape index (κ3) is 3.46. The third-order valence-electron chi connectivity index (χ3n) is 2.90. The molecular formula is C15H17ClN2O. The Hall–Kier alpha value is -1.58. The summed E-state index contributed by atoms with van der Waals surface area (Å²) in [6.07, 6.45) is 1.79. The Labute approximate surface area is 118 Å². The number of aromatic nitrogens is 1. The first-order chi connectivity index (χ1) is 9.24. The van der Waals surface area contributed by atoms with Crippen molar-refractivity contribution in [1.82, 2.24) is 10.3 Å². The number of methoxy groups -OCH3 is 1. The summed E-state index contributed by atoms with van der Waals surface area (Å²) in [5, 5.41) is 4.04. The van der Waals surface area contributed by atoms with Crippen LogP contribution in [0, 0.1) is 0 Å². The van der Waals surface area contributed by atoms with Crippen molar-refractivity contribution in [2.75, 3.05) is 13.7 Å².